The van der Waals surface area contributed by atoms with Gasteiger partial charge in [0, 0.05) is 41.4 Å². The van der Waals surface area contributed by atoms with E-state index in [1.54, 1.807) is 30.9 Å². The first-order valence-electron chi connectivity index (χ1n) is 15.7. The number of rotatable bonds is 4. The van der Waals surface area contributed by atoms with Crippen LogP contribution in [0.5, 0.6) is 0 Å². The van der Waals surface area contributed by atoms with E-state index in [0.29, 0.717) is 33.9 Å². The Morgan fingerprint density at radius 2 is 1.44 bits per heavy atom. The molecule has 0 aliphatic carbocycles. The van der Waals surface area contributed by atoms with Crippen molar-refractivity contribution in [3.8, 4) is 12.1 Å². The Bertz CT molecular complexity index is 2790. The van der Waals surface area contributed by atoms with E-state index in [-0.39, 0.29) is 59.1 Å². The van der Waals surface area contributed by atoms with Gasteiger partial charge in [0.15, 0.2) is 11.4 Å². The summed E-state index contributed by atoms with van der Waals surface area (Å²) in [5, 5.41) is 41.5. The van der Waals surface area contributed by atoms with Crippen molar-refractivity contribution in [1.82, 2.24) is 39.9 Å². The molecule has 0 atom stereocenters. The number of nitrogens with zero attached hydrogens (tertiary/aromatic N) is 9. The molecule has 0 bridgehead atoms. The van der Waals surface area contributed by atoms with Crippen LogP contribution in [0, 0.1) is 36.7 Å². The summed E-state index contributed by atoms with van der Waals surface area (Å²) < 4.78 is 20.4. The van der Waals surface area contributed by atoms with E-state index in [1.807, 2.05) is 59.3 Å². The number of fused-ring (bicyclic) bond motifs is 4. The van der Waals surface area contributed by atoms with Gasteiger partial charge in [0.05, 0.1) is 49.4 Å². The number of hydrogen-bond acceptors (Lipinski definition) is 11. The fraction of sp³-hybridized carbons (Fsp3) is 0.0556. The van der Waals surface area contributed by atoms with Crippen LogP contribution in [0.3, 0.4) is 0 Å². The zero-order valence-corrected chi connectivity index (χ0v) is 40.1. The molecule has 0 fully saturated rings. The zero-order valence-electron chi connectivity index (χ0n) is 30.6. The minimum absolute atomic E-state index is 0. The number of pyridine rings is 4. The minimum atomic E-state index is -1.82. The van der Waals surface area contributed by atoms with Crippen molar-refractivity contribution in [1.29, 1.82) is 10.5 Å². The van der Waals surface area contributed by atoms with E-state index in [1.165, 1.54) is 0 Å². The van der Waals surface area contributed by atoms with E-state index < -0.39 is 12.6 Å². The standard InChI is InChI=1S/C17H9ClIN5.C10H7Cl2N.C7H3IN4.C2H2FO3.2Na/c18-12-6-11-5-10(1-2-13(11)22-8-12)9-24-15-3-4-21-14(7-20)16(15)17(19)23-24;11-5-7-1-2-10-8(3-7)4-9(12)6-13-10;8-7-6-4(11-12-7)1-2-10-5(6)3-9;3-1-2(4)6-5;;/h1-6,8H,9H2;1-4,6H,5H2;1-2H,(H,11,12);1,5H;;/q;;;-1;2*+1/i;;;1D;;. The van der Waals surface area contributed by atoms with Crippen LogP contribution in [0.1, 0.15) is 23.9 Å². The van der Waals surface area contributed by atoms with Crippen molar-refractivity contribution < 1.29 is 79.8 Å². The maximum Gasteiger partial charge on any atom is 1.00 e. The third kappa shape index (κ3) is 12.8. The average molecular weight is 1070 g/mol. The van der Waals surface area contributed by atoms with E-state index >= 15 is 0 Å². The molecule has 6 heterocycles. The molecule has 8 rings (SSSR count). The van der Waals surface area contributed by atoms with Gasteiger partial charge < -0.3 is 9.28 Å². The predicted octanol–water partition coefficient (Wildman–Crippen LogP) is 3.36. The number of H-pyrrole nitrogens is 1. The van der Waals surface area contributed by atoms with Gasteiger partial charge in [-0.2, -0.15) is 20.7 Å². The van der Waals surface area contributed by atoms with Crippen LogP contribution in [0.15, 0.2) is 85.5 Å². The Morgan fingerprint density at radius 3 is 1.98 bits per heavy atom. The Morgan fingerprint density at radius 1 is 0.877 bits per heavy atom. The van der Waals surface area contributed by atoms with Crippen molar-refractivity contribution in [2.24, 2.45) is 0 Å². The molecule has 57 heavy (non-hydrogen) atoms. The van der Waals surface area contributed by atoms with Crippen LogP contribution in [-0.4, -0.2) is 51.1 Å². The number of nitrogens with one attached hydrogen (secondary N) is 1. The molecule has 0 unspecified atom stereocenters. The van der Waals surface area contributed by atoms with Crippen LogP contribution in [-0.2, 0) is 22.1 Å². The summed E-state index contributed by atoms with van der Waals surface area (Å²) in [6.07, 6.45) is 6.50. The Labute approximate surface area is 411 Å². The molecule has 0 spiro atoms. The molecule has 276 valence electrons. The third-order valence-corrected chi connectivity index (χ3v) is 9.59. The second kappa shape index (κ2) is 23.6. The van der Waals surface area contributed by atoms with E-state index in [9.17, 15) is 14.4 Å². The second-order valence-corrected chi connectivity index (χ2v) is 14.0. The molecule has 0 saturated carbocycles. The smallest absolute Gasteiger partial charge is 0.425 e. The summed E-state index contributed by atoms with van der Waals surface area (Å²) in [5.74, 6) is -1.16. The number of nitriles is 2. The van der Waals surface area contributed by atoms with Crippen molar-refractivity contribution in [3.63, 3.8) is 0 Å². The average Bonchev–Trinajstić information content (AvgIpc) is 3.75. The molecule has 21 heteroatoms. The van der Waals surface area contributed by atoms with Gasteiger partial charge in [-0.3, -0.25) is 24.5 Å². The SMILES string of the molecule is ClCc1ccc2ncc(Cl)cc2c1.N#Cc1nccc2c1c(I)nn2Cc1ccc2ncc(Cl)cc2c1.N#Cc1nccc2n[nH]c(I)c12.[2H][C-](F)C(=O)OO.[Na+].[Na+]. The monoisotopic (exact) mass is 1070 g/mol. The van der Waals surface area contributed by atoms with E-state index in [4.69, 9.17) is 46.7 Å². The minimum Gasteiger partial charge on any atom is -0.425 e. The topological polar surface area (TPSA) is 192 Å². The summed E-state index contributed by atoms with van der Waals surface area (Å²) >= 11 is 21.8. The number of hydrogen-bond donors (Lipinski definition) is 2. The molecule has 0 amide bonds. The van der Waals surface area contributed by atoms with Gasteiger partial charge in [-0.25, -0.2) is 15.2 Å². The fourth-order valence-electron chi connectivity index (χ4n) is 4.98. The molecule has 2 aromatic carbocycles. The number of aromatic amines is 1. The first-order valence-corrected chi connectivity index (χ1v) is 18.7. The van der Waals surface area contributed by atoms with Crippen molar-refractivity contribution in [2.45, 2.75) is 12.4 Å². The normalized spacial score (nSPS) is 10.2. The van der Waals surface area contributed by atoms with Gasteiger partial charge in [-0.05, 0) is 105 Å². The molecule has 0 aliphatic rings. The van der Waals surface area contributed by atoms with Crippen LogP contribution < -0.4 is 59.1 Å². The summed E-state index contributed by atoms with van der Waals surface area (Å²) in [6, 6.07) is 23.6. The summed E-state index contributed by atoms with van der Waals surface area (Å²) in [6.45, 7) is -1.22. The van der Waals surface area contributed by atoms with Gasteiger partial charge in [-0.15, -0.1) is 19.6 Å². The molecule has 0 saturated heterocycles. The predicted molar refractivity (Wildman–Crippen MR) is 223 cm³/mol. The van der Waals surface area contributed by atoms with Crippen LogP contribution >= 0.6 is 80.0 Å². The van der Waals surface area contributed by atoms with Gasteiger partial charge in [0.25, 0.3) is 0 Å². The van der Waals surface area contributed by atoms with Crippen LogP contribution in [0.25, 0.3) is 43.6 Å². The summed E-state index contributed by atoms with van der Waals surface area (Å²) in [7, 11) is 0. The Hall–Kier alpha value is -2.96. The largest absolute Gasteiger partial charge is 1.00 e. The maximum atomic E-state index is 11.0. The fourth-order valence-corrected chi connectivity index (χ4v) is 6.92. The van der Waals surface area contributed by atoms with Gasteiger partial charge >= 0.3 is 59.1 Å². The number of carbonyl (C=O) groups excluding carboxylic acids is 1. The summed E-state index contributed by atoms with van der Waals surface area (Å²) in [4.78, 5) is 28.7. The number of benzene rings is 2. The first-order chi connectivity index (χ1) is 27.0. The number of carbonyl (C=O) groups is 1. The zero-order chi connectivity index (χ0) is 40.4. The Balaban J connectivity index is 0.000000226. The molecule has 8 aromatic rings. The van der Waals surface area contributed by atoms with Crippen molar-refractivity contribution in [2.75, 3.05) is 0 Å². The number of aromatic nitrogens is 8. The van der Waals surface area contributed by atoms with Crippen molar-refractivity contribution in [3.05, 3.63) is 132 Å². The second-order valence-electron chi connectivity index (χ2n) is 10.8. The van der Waals surface area contributed by atoms with Gasteiger partial charge in [0.1, 0.15) is 19.5 Å². The molecule has 13 nitrogen and oxygen atoms in total. The molecule has 6 aromatic heterocycles. The quantitative estimate of drug-likeness (QED) is 0.0657. The first kappa shape index (κ1) is 46.7. The van der Waals surface area contributed by atoms with Gasteiger partial charge in [-0.1, -0.05) is 35.3 Å². The maximum absolute atomic E-state index is 11.0. The van der Waals surface area contributed by atoms with Crippen molar-refractivity contribution >= 4 is 130 Å². The number of halogens is 6. The molecule has 0 radical (unpaired) electrons. The summed E-state index contributed by atoms with van der Waals surface area (Å²) in [5.41, 5.74) is 6.52. The van der Waals surface area contributed by atoms with Crippen LogP contribution in [0.4, 0.5) is 4.39 Å². The number of alkyl halides is 1. The molecular weight excluding hydrogens is 1050 g/mol. The molecule has 0 aliphatic heterocycles. The molecular formula is C36H21Cl3FI2N10Na2O3+. The van der Waals surface area contributed by atoms with Crippen LogP contribution in [0.2, 0.25) is 10.0 Å². The van der Waals surface area contributed by atoms with Gasteiger partial charge in [0.2, 0.25) is 5.97 Å². The van der Waals surface area contributed by atoms with E-state index in [2.05, 4.69) is 97.4 Å². The van der Waals surface area contributed by atoms with E-state index in [0.717, 1.165) is 62.1 Å². The third-order valence-electron chi connectivity index (χ3n) is 7.33. The molecule has 2 N–H and O–H groups in total. The Kier molecular flexibility index (Phi) is 19.3.